The number of hydrogen-bond acceptors (Lipinski definition) is 6. The minimum Gasteiger partial charge on any atom is -0.515 e. The lowest BCUT2D eigenvalue weighted by molar-refractivity contribution is 0.391. The normalized spacial score (nSPS) is 11.7. The Bertz CT molecular complexity index is 478. The number of rotatable bonds is 2. The molecule has 0 saturated heterocycles. The van der Waals surface area contributed by atoms with E-state index in [1.54, 1.807) is 19.3 Å². The molecule has 2 aromatic heterocycles. The van der Waals surface area contributed by atoms with Crippen molar-refractivity contribution in [2.45, 2.75) is 6.92 Å². The maximum Gasteiger partial charge on any atom is 0.223 e. The highest BCUT2D eigenvalue weighted by Crippen LogP contribution is 2.18. The number of nitrogens with zero attached hydrogens (tertiary/aromatic N) is 4. The van der Waals surface area contributed by atoms with Gasteiger partial charge in [-0.15, -0.1) is 0 Å². The SMILES string of the molecule is Cc1nc(/C(=C/O)c2cncnc2)no1. The van der Waals surface area contributed by atoms with Crippen LogP contribution in [0.5, 0.6) is 0 Å². The Morgan fingerprint density at radius 3 is 2.67 bits per heavy atom. The first-order chi connectivity index (χ1) is 7.31. The summed E-state index contributed by atoms with van der Waals surface area (Å²) >= 11 is 0. The van der Waals surface area contributed by atoms with Gasteiger partial charge in [0.15, 0.2) is 0 Å². The van der Waals surface area contributed by atoms with Gasteiger partial charge in [-0.05, 0) is 0 Å². The molecule has 6 heteroatoms. The van der Waals surface area contributed by atoms with E-state index in [1.807, 2.05) is 0 Å². The molecule has 6 nitrogen and oxygen atoms in total. The van der Waals surface area contributed by atoms with Crippen LogP contribution in [-0.2, 0) is 0 Å². The van der Waals surface area contributed by atoms with Crippen molar-refractivity contribution in [1.29, 1.82) is 0 Å². The van der Waals surface area contributed by atoms with Gasteiger partial charge >= 0.3 is 0 Å². The van der Waals surface area contributed by atoms with Gasteiger partial charge in [0.25, 0.3) is 0 Å². The average Bonchev–Trinajstić information content (AvgIpc) is 2.68. The van der Waals surface area contributed by atoms with Crippen molar-refractivity contribution >= 4 is 5.57 Å². The maximum atomic E-state index is 9.10. The van der Waals surface area contributed by atoms with E-state index in [0.717, 1.165) is 6.26 Å². The zero-order valence-corrected chi connectivity index (χ0v) is 7.95. The summed E-state index contributed by atoms with van der Waals surface area (Å²) in [5.74, 6) is 0.742. The van der Waals surface area contributed by atoms with Crippen LogP contribution in [0.4, 0.5) is 0 Å². The summed E-state index contributed by atoms with van der Waals surface area (Å²) in [5.41, 5.74) is 1.05. The molecule has 2 rings (SSSR count). The third kappa shape index (κ3) is 1.83. The number of hydrogen-bond donors (Lipinski definition) is 1. The number of aryl methyl sites for hydroxylation is 1. The third-order valence-corrected chi connectivity index (χ3v) is 1.77. The molecule has 0 aliphatic carbocycles. The first-order valence-electron chi connectivity index (χ1n) is 4.21. The minimum atomic E-state index is 0.310. The van der Waals surface area contributed by atoms with Crippen LogP contribution in [0.1, 0.15) is 17.3 Å². The molecule has 0 saturated carbocycles. The van der Waals surface area contributed by atoms with Crippen molar-refractivity contribution in [3.63, 3.8) is 0 Å². The Morgan fingerprint density at radius 1 is 1.40 bits per heavy atom. The van der Waals surface area contributed by atoms with Crippen LogP contribution in [0.15, 0.2) is 29.5 Å². The molecule has 0 fully saturated rings. The van der Waals surface area contributed by atoms with Crippen molar-refractivity contribution < 1.29 is 9.63 Å². The van der Waals surface area contributed by atoms with E-state index in [9.17, 15) is 0 Å². The van der Waals surface area contributed by atoms with Gasteiger partial charge in [-0.1, -0.05) is 5.16 Å². The van der Waals surface area contributed by atoms with Gasteiger partial charge in [0.05, 0.1) is 11.8 Å². The van der Waals surface area contributed by atoms with Gasteiger partial charge in [0.1, 0.15) is 6.33 Å². The fourth-order valence-electron chi connectivity index (χ4n) is 1.11. The average molecular weight is 204 g/mol. The van der Waals surface area contributed by atoms with Crippen LogP contribution in [-0.4, -0.2) is 25.2 Å². The highest BCUT2D eigenvalue weighted by atomic mass is 16.5. The molecule has 0 bridgehead atoms. The summed E-state index contributed by atoms with van der Waals surface area (Å²) in [7, 11) is 0. The summed E-state index contributed by atoms with van der Waals surface area (Å²) in [5, 5.41) is 12.8. The smallest absolute Gasteiger partial charge is 0.223 e. The van der Waals surface area contributed by atoms with Crippen molar-refractivity contribution in [2.24, 2.45) is 0 Å². The Morgan fingerprint density at radius 2 is 2.13 bits per heavy atom. The van der Waals surface area contributed by atoms with E-state index < -0.39 is 0 Å². The zero-order chi connectivity index (χ0) is 10.7. The van der Waals surface area contributed by atoms with Crippen molar-refractivity contribution in [3.8, 4) is 0 Å². The molecular formula is C9H8N4O2. The molecule has 0 unspecified atom stereocenters. The molecule has 0 aliphatic rings. The maximum absolute atomic E-state index is 9.10. The van der Waals surface area contributed by atoms with Gasteiger partial charge in [0, 0.05) is 24.9 Å². The molecule has 0 atom stereocenters. The second kappa shape index (κ2) is 3.87. The molecular weight excluding hydrogens is 196 g/mol. The lowest BCUT2D eigenvalue weighted by Gasteiger charge is -1.98. The third-order valence-electron chi connectivity index (χ3n) is 1.77. The second-order valence-electron chi connectivity index (χ2n) is 2.81. The van der Waals surface area contributed by atoms with Crippen LogP contribution < -0.4 is 0 Å². The highest BCUT2D eigenvalue weighted by molar-refractivity contribution is 5.73. The summed E-state index contributed by atoms with van der Waals surface area (Å²) in [4.78, 5) is 11.7. The number of aliphatic hydroxyl groups is 1. The van der Waals surface area contributed by atoms with Gasteiger partial charge in [-0.25, -0.2) is 9.97 Å². The second-order valence-corrected chi connectivity index (χ2v) is 2.81. The summed E-state index contributed by atoms with van der Waals surface area (Å²) < 4.78 is 4.81. The summed E-state index contributed by atoms with van der Waals surface area (Å²) in [6, 6.07) is 0. The van der Waals surface area contributed by atoms with E-state index in [1.165, 1.54) is 6.33 Å². The molecule has 2 heterocycles. The van der Waals surface area contributed by atoms with Gasteiger partial charge in [-0.2, -0.15) is 4.98 Å². The van der Waals surface area contributed by atoms with Gasteiger partial charge in [-0.3, -0.25) is 0 Å². The fourth-order valence-corrected chi connectivity index (χ4v) is 1.11. The monoisotopic (exact) mass is 204 g/mol. The summed E-state index contributed by atoms with van der Waals surface area (Å²) in [6.45, 7) is 1.67. The Kier molecular flexibility index (Phi) is 2.40. The largest absolute Gasteiger partial charge is 0.515 e. The first-order valence-corrected chi connectivity index (χ1v) is 4.21. The van der Waals surface area contributed by atoms with Crippen molar-refractivity contribution in [2.75, 3.05) is 0 Å². The highest BCUT2D eigenvalue weighted by Gasteiger charge is 2.11. The molecule has 76 valence electrons. The first kappa shape index (κ1) is 9.32. The Hall–Kier alpha value is -2.24. The number of aromatic nitrogens is 4. The standard InChI is InChI=1S/C9H8N4O2/c1-6-12-9(13-15-6)8(4-14)7-2-10-5-11-3-7/h2-5,14H,1H3/b8-4+. The molecule has 2 aromatic rings. The van der Waals surface area contributed by atoms with Gasteiger partial charge < -0.3 is 9.63 Å². The van der Waals surface area contributed by atoms with Crippen molar-refractivity contribution in [3.05, 3.63) is 42.3 Å². The molecule has 0 spiro atoms. The minimum absolute atomic E-state index is 0.310. The van der Waals surface area contributed by atoms with E-state index in [4.69, 9.17) is 9.63 Å². The lowest BCUT2D eigenvalue weighted by atomic mass is 10.1. The number of aliphatic hydroxyl groups excluding tert-OH is 1. The molecule has 0 aromatic carbocycles. The molecule has 1 N–H and O–H groups in total. The van der Waals surface area contributed by atoms with E-state index in [-0.39, 0.29) is 0 Å². The quantitative estimate of drug-likeness (QED) is 0.737. The molecule has 15 heavy (non-hydrogen) atoms. The van der Waals surface area contributed by atoms with E-state index in [0.29, 0.717) is 22.9 Å². The summed E-state index contributed by atoms with van der Waals surface area (Å²) in [6.07, 6.45) is 5.42. The Balaban J connectivity index is 2.43. The van der Waals surface area contributed by atoms with Crippen LogP contribution in [0.3, 0.4) is 0 Å². The predicted molar refractivity (Wildman–Crippen MR) is 50.8 cm³/mol. The molecule has 0 radical (unpaired) electrons. The van der Waals surface area contributed by atoms with E-state index >= 15 is 0 Å². The zero-order valence-electron chi connectivity index (χ0n) is 7.95. The fraction of sp³-hybridized carbons (Fsp3) is 0.111. The van der Waals surface area contributed by atoms with Crippen LogP contribution in [0.2, 0.25) is 0 Å². The molecule has 0 aliphatic heterocycles. The van der Waals surface area contributed by atoms with E-state index in [2.05, 4.69) is 20.1 Å². The Labute approximate surface area is 85.3 Å². The van der Waals surface area contributed by atoms with Crippen LogP contribution >= 0.6 is 0 Å². The molecule has 0 amide bonds. The van der Waals surface area contributed by atoms with Crippen molar-refractivity contribution in [1.82, 2.24) is 20.1 Å². The predicted octanol–water partition coefficient (Wildman–Crippen LogP) is 1.12. The van der Waals surface area contributed by atoms with Crippen LogP contribution in [0.25, 0.3) is 5.57 Å². The topological polar surface area (TPSA) is 84.9 Å². The van der Waals surface area contributed by atoms with Gasteiger partial charge in [0.2, 0.25) is 11.7 Å². The van der Waals surface area contributed by atoms with Crippen LogP contribution in [0, 0.1) is 6.92 Å². The lowest BCUT2D eigenvalue weighted by Crippen LogP contribution is -1.92.